The Hall–Kier alpha value is -3.45. The zero-order chi connectivity index (χ0) is 23.6. The Bertz CT molecular complexity index is 1150. The molecule has 1 amide bonds. The van der Waals surface area contributed by atoms with Crippen molar-refractivity contribution in [3.8, 4) is 17.0 Å². The van der Waals surface area contributed by atoms with Crippen LogP contribution in [0.1, 0.15) is 44.0 Å². The van der Waals surface area contributed by atoms with Crippen molar-refractivity contribution in [3.05, 3.63) is 83.3 Å². The quantitative estimate of drug-likeness (QED) is 0.547. The van der Waals surface area contributed by atoms with Gasteiger partial charge in [0.15, 0.2) is 11.5 Å². The summed E-state index contributed by atoms with van der Waals surface area (Å²) in [6.45, 7) is 5.41. The number of rotatable bonds is 6. The molecule has 172 valence electrons. The number of halogens is 1. The van der Waals surface area contributed by atoms with Crippen molar-refractivity contribution in [3.63, 3.8) is 0 Å². The molecule has 2 atom stereocenters. The van der Waals surface area contributed by atoms with E-state index in [9.17, 15) is 14.3 Å². The van der Waals surface area contributed by atoms with Gasteiger partial charge >= 0.3 is 6.09 Å². The highest BCUT2D eigenvalue weighted by atomic mass is 19.1. The number of fused-ring (bicyclic) bond motifs is 1. The van der Waals surface area contributed by atoms with Crippen LogP contribution in [0.5, 0.6) is 5.75 Å². The van der Waals surface area contributed by atoms with Gasteiger partial charge in [0, 0.05) is 17.5 Å². The van der Waals surface area contributed by atoms with Gasteiger partial charge in [-0.1, -0.05) is 37.3 Å². The first-order valence-corrected chi connectivity index (χ1v) is 10.9. The van der Waals surface area contributed by atoms with Gasteiger partial charge in [0.05, 0.1) is 5.69 Å². The minimum Gasteiger partial charge on any atom is -0.466 e. The van der Waals surface area contributed by atoms with Crippen LogP contribution in [-0.4, -0.2) is 21.9 Å². The fourth-order valence-electron chi connectivity index (χ4n) is 3.80. The number of carbonyl (C=O) groups is 1. The lowest BCUT2D eigenvalue weighted by atomic mass is 9.94. The third kappa shape index (κ3) is 4.98. The molecular weight excluding hydrogens is 423 g/mol. The number of hydrogen-bond donors (Lipinski definition) is 2. The molecule has 4 rings (SSSR count). The topological polar surface area (TPSA) is 80.7 Å². The maximum absolute atomic E-state index is 13.4. The molecule has 1 aliphatic rings. The SMILES string of the molecule is CCC(C)(O)c1nc(-c2ccc(F)cc2)cc2c1OC(C)(NC(=O)OCc1ccccc1)C2. The maximum Gasteiger partial charge on any atom is 0.410 e. The van der Waals surface area contributed by atoms with Crippen LogP contribution in [0.15, 0.2) is 60.7 Å². The number of benzene rings is 2. The first-order chi connectivity index (χ1) is 15.7. The summed E-state index contributed by atoms with van der Waals surface area (Å²) in [6, 6.07) is 17.3. The van der Waals surface area contributed by atoms with Crippen LogP contribution in [0.3, 0.4) is 0 Å². The molecule has 1 aromatic heterocycles. The smallest absolute Gasteiger partial charge is 0.410 e. The number of nitrogens with zero attached hydrogens (tertiary/aromatic N) is 1. The van der Waals surface area contributed by atoms with Crippen molar-refractivity contribution in [1.82, 2.24) is 10.3 Å². The highest BCUT2D eigenvalue weighted by Crippen LogP contribution is 2.43. The van der Waals surface area contributed by atoms with Gasteiger partial charge in [-0.25, -0.2) is 14.2 Å². The zero-order valence-corrected chi connectivity index (χ0v) is 18.9. The van der Waals surface area contributed by atoms with E-state index >= 15 is 0 Å². The second-order valence-electron chi connectivity index (χ2n) is 8.68. The average Bonchev–Trinajstić information content (AvgIpc) is 3.13. The van der Waals surface area contributed by atoms with Crippen molar-refractivity contribution in [1.29, 1.82) is 0 Å². The molecule has 3 aromatic rings. The molecule has 2 aromatic carbocycles. The first kappa shape index (κ1) is 22.7. The Balaban J connectivity index is 1.59. The number of amides is 1. The molecule has 6 nitrogen and oxygen atoms in total. The summed E-state index contributed by atoms with van der Waals surface area (Å²) in [5.41, 5.74) is 1.04. The number of hydrogen-bond acceptors (Lipinski definition) is 5. The largest absolute Gasteiger partial charge is 0.466 e. The van der Waals surface area contributed by atoms with E-state index in [-0.39, 0.29) is 12.4 Å². The number of pyridine rings is 1. The number of alkyl carbamates (subject to hydrolysis) is 1. The van der Waals surface area contributed by atoms with Crippen molar-refractivity contribution in [2.75, 3.05) is 0 Å². The van der Waals surface area contributed by atoms with Gasteiger partial charge in [-0.05, 0) is 56.2 Å². The zero-order valence-electron chi connectivity index (χ0n) is 18.9. The molecule has 2 N–H and O–H groups in total. The van der Waals surface area contributed by atoms with Crippen molar-refractivity contribution in [2.45, 2.75) is 51.5 Å². The molecule has 2 heterocycles. The lowest BCUT2D eigenvalue weighted by Crippen LogP contribution is -2.50. The van der Waals surface area contributed by atoms with Crippen molar-refractivity contribution < 1.29 is 23.8 Å². The lowest BCUT2D eigenvalue weighted by molar-refractivity contribution is 0.0323. The molecule has 33 heavy (non-hydrogen) atoms. The van der Waals surface area contributed by atoms with Crippen LogP contribution in [0, 0.1) is 5.82 Å². The molecule has 2 unspecified atom stereocenters. The Morgan fingerprint density at radius 3 is 2.61 bits per heavy atom. The van der Waals surface area contributed by atoms with Crippen LogP contribution >= 0.6 is 0 Å². The molecule has 0 bridgehead atoms. The summed E-state index contributed by atoms with van der Waals surface area (Å²) < 4.78 is 24.9. The van der Waals surface area contributed by atoms with Gasteiger partial charge in [-0.2, -0.15) is 0 Å². The number of carbonyl (C=O) groups excluding carboxylic acids is 1. The fourth-order valence-corrected chi connectivity index (χ4v) is 3.80. The minimum atomic E-state index is -1.25. The fraction of sp³-hybridized carbons (Fsp3) is 0.308. The standard InChI is InChI=1S/C26H27FN2O4/c1-4-25(2,31)23-22-19(14-21(28-23)18-10-12-20(27)13-11-18)15-26(3,33-22)29-24(30)32-16-17-8-6-5-7-9-17/h5-14,31H,4,15-16H2,1-3H3,(H,29,30). The van der Waals surface area contributed by atoms with Gasteiger partial charge in [0.2, 0.25) is 0 Å². The molecule has 0 radical (unpaired) electrons. The third-order valence-electron chi connectivity index (χ3n) is 5.82. The van der Waals surface area contributed by atoms with Gasteiger partial charge in [0.25, 0.3) is 0 Å². The van der Waals surface area contributed by atoms with Gasteiger partial charge in [-0.15, -0.1) is 0 Å². The molecule has 1 aliphatic heterocycles. The lowest BCUT2D eigenvalue weighted by Gasteiger charge is -2.27. The summed E-state index contributed by atoms with van der Waals surface area (Å²) in [7, 11) is 0. The second-order valence-corrected chi connectivity index (χ2v) is 8.68. The Morgan fingerprint density at radius 2 is 1.94 bits per heavy atom. The summed E-state index contributed by atoms with van der Waals surface area (Å²) in [5.74, 6) is 0.105. The van der Waals surface area contributed by atoms with E-state index in [1.54, 1.807) is 26.0 Å². The van der Waals surface area contributed by atoms with Crippen LogP contribution in [-0.2, 0) is 23.4 Å². The van der Waals surface area contributed by atoms with E-state index in [1.807, 2.05) is 43.3 Å². The average molecular weight is 451 g/mol. The van der Waals surface area contributed by atoms with E-state index in [1.165, 1.54) is 12.1 Å². The number of nitrogens with one attached hydrogen (secondary N) is 1. The molecule has 0 fully saturated rings. The molecule has 0 saturated carbocycles. The Kier molecular flexibility index (Phi) is 6.08. The number of ether oxygens (including phenoxy) is 2. The maximum atomic E-state index is 13.4. The molecule has 0 aliphatic carbocycles. The second kappa shape index (κ2) is 8.83. The van der Waals surface area contributed by atoms with E-state index in [0.29, 0.717) is 30.0 Å². The van der Waals surface area contributed by atoms with Crippen LogP contribution < -0.4 is 10.1 Å². The number of aromatic nitrogens is 1. The highest BCUT2D eigenvalue weighted by Gasteiger charge is 2.42. The third-order valence-corrected chi connectivity index (χ3v) is 5.82. The van der Waals surface area contributed by atoms with Gasteiger partial charge in [0.1, 0.15) is 23.7 Å². The first-order valence-electron chi connectivity index (χ1n) is 10.9. The molecule has 7 heteroatoms. The normalized spacial score (nSPS) is 18.7. The predicted octanol–water partition coefficient (Wildman–Crippen LogP) is 5.08. The molecule has 0 spiro atoms. The monoisotopic (exact) mass is 450 g/mol. The van der Waals surface area contributed by atoms with Gasteiger partial charge < -0.3 is 14.6 Å². The Labute approximate surface area is 192 Å². The van der Waals surface area contributed by atoms with Gasteiger partial charge in [-0.3, -0.25) is 5.32 Å². The molecular formula is C26H27FN2O4. The van der Waals surface area contributed by atoms with E-state index in [2.05, 4.69) is 10.3 Å². The van der Waals surface area contributed by atoms with E-state index in [4.69, 9.17) is 9.47 Å². The van der Waals surface area contributed by atoms with E-state index < -0.39 is 17.4 Å². The van der Waals surface area contributed by atoms with E-state index in [0.717, 1.165) is 16.7 Å². The highest BCUT2D eigenvalue weighted by molar-refractivity contribution is 5.69. The van der Waals surface area contributed by atoms with Crippen LogP contribution in [0.4, 0.5) is 9.18 Å². The van der Waals surface area contributed by atoms with Crippen LogP contribution in [0.25, 0.3) is 11.3 Å². The molecule has 0 saturated heterocycles. The summed E-state index contributed by atoms with van der Waals surface area (Å²) in [4.78, 5) is 17.1. The van der Waals surface area contributed by atoms with Crippen LogP contribution in [0.2, 0.25) is 0 Å². The predicted molar refractivity (Wildman–Crippen MR) is 122 cm³/mol. The Morgan fingerprint density at radius 1 is 1.24 bits per heavy atom. The van der Waals surface area contributed by atoms with Crippen molar-refractivity contribution in [2.24, 2.45) is 0 Å². The minimum absolute atomic E-state index is 0.141. The van der Waals surface area contributed by atoms with Crippen molar-refractivity contribution >= 4 is 6.09 Å². The number of aliphatic hydroxyl groups is 1. The summed E-state index contributed by atoms with van der Waals surface area (Å²) >= 11 is 0. The summed E-state index contributed by atoms with van der Waals surface area (Å²) in [5, 5.41) is 13.8. The summed E-state index contributed by atoms with van der Waals surface area (Å²) in [6.07, 6.45) is 0.155.